The van der Waals surface area contributed by atoms with Crippen LogP contribution in [0.5, 0.6) is 0 Å². The highest BCUT2D eigenvalue weighted by molar-refractivity contribution is 6.35. The highest BCUT2D eigenvalue weighted by Gasteiger charge is 2.41. The summed E-state index contributed by atoms with van der Waals surface area (Å²) >= 11 is 11.9. The lowest BCUT2D eigenvalue weighted by Gasteiger charge is -2.37. The van der Waals surface area contributed by atoms with E-state index in [4.69, 9.17) is 32.7 Å². The molecule has 1 spiro atoms. The van der Waals surface area contributed by atoms with Gasteiger partial charge in [0.25, 0.3) is 0 Å². The fourth-order valence-corrected chi connectivity index (χ4v) is 5.60. The van der Waals surface area contributed by atoms with E-state index in [0.29, 0.717) is 5.02 Å². The number of hydrogen-bond acceptors (Lipinski definition) is 4. The molecule has 3 fully saturated rings. The Morgan fingerprint density at radius 1 is 1.08 bits per heavy atom. The number of likely N-dealkylation sites (tertiary alicyclic amines) is 2. The van der Waals surface area contributed by atoms with Crippen LogP contribution in [0, 0.1) is 5.92 Å². The van der Waals surface area contributed by atoms with Crippen LogP contribution >= 0.6 is 23.2 Å². The third kappa shape index (κ3) is 10.9. The lowest BCUT2D eigenvalue weighted by atomic mass is 9.84. The minimum absolute atomic E-state index is 0.230. The second-order valence-corrected chi connectivity index (χ2v) is 10.9. The molecule has 200 valence electrons. The summed E-state index contributed by atoms with van der Waals surface area (Å²) in [5.74, 6) is 0.770. The molecule has 1 atom stereocenters. The third-order valence-corrected chi connectivity index (χ3v) is 7.83. The second-order valence-electron chi connectivity index (χ2n) is 10.0. The van der Waals surface area contributed by atoms with E-state index >= 15 is 0 Å². The summed E-state index contributed by atoms with van der Waals surface area (Å²) in [5, 5.41) is 1.49. The molecule has 3 aliphatic rings. The highest BCUT2D eigenvalue weighted by atomic mass is 35.5. The molecule has 0 bridgehead atoms. The van der Waals surface area contributed by atoms with Crippen LogP contribution in [0.15, 0.2) is 55.2 Å². The lowest BCUT2D eigenvalue weighted by Crippen LogP contribution is -2.42. The van der Waals surface area contributed by atoms with E-state index in [9.17, 15) is 0 Å². The Bertz CT molecular complexity index is 828. The average Bonchev–Trinajstić information content (AvgIpc) is 3.54. The van der Waals surface area contributed by atoms with Crippen LogP contribution in [0.3, 0.4) is 0 Å². The molecule has 6 heteroatoms. The molecule has 1 unspecified atom stereocenters. The van der Waals surface area contributed by atoms with Gasteiger partial charge in [-0.15, -0.1) is 0 Å². The quantitative estimate of drug-likeness (QED) is 0.257. The molecule has 4 rings (SSSR count). The molecule has 3 saturated heterocycles. The maximum absolute atomic E-state index is 8.00. The standard InChI is InChI=1S/C18H29NO.C11H13Cl2N.CH2O/c1-3-4-5-6-7-8-9-10-17-15-18(20-16-17)11-13-19(2)14-12-18;12-10-4-3-9(11(13)7-10)8-14-5-1-2-6-14;1-2/h3-5,7-8,17H,1,6,9-16H2,2H3;3-4,7H,1-2,5-6,8H2;1H2/b5-4-,8-7-;;. The van der Waals surface area contributed by atoms with Crippen LogP contribution < -0.4 is 0 Å². The van der Waals surface area contributed by atoms with Gasteiger partial charge in [-0.3, -0.25) is 4.90 Å². The number of nitrogens with zero attached hydrogens (tertiary/aromatic N) is 2. The van der Waals surface area contributed by atoms with Gasteiger partial charge in [0.15, 0.2) is 0 Å². The fraction of sp³-hybridized carbons (Fsp3) is 0.567. The van der Waals surface area contributed by atoms with Crippen LogP contribution in [-0.2, 0) is 16.1 Å². The van der Waals surface area contributed by atoms with Crippen molar-refractivity contribution >= 4 is 30.0 Å². The maximum atomic E-state index is 8.00. The number of halogens is 2. The van der Waals surface area contributed by atoms with Gasteiger partial charge in [-0.1, -0.05) is 66.2 Å². The number of carbonyl (C=O) groups excluding carboxylic acids is 1. The molecular formula is C30H44Cl2N2O2. The molecule has 3 heterocycles. The average molecular weight is 536 g/mol. The van der Waals surface area contributed by atoms with E-state index in [0.717, 1.165) is 30.5 Å². The monoisotopic (exact) mass is 534 g/mol. The van der Waals surface area contributed by atoms with E-state index in [-0.39, 0.29) is 5.60 Å². The normalized spacial score (nSPS) is 21.9. The number of piperidine rings is 1. The van der Waals surface area contributed by atoms with Crippen LogP contribution in [0.25, 0.3) is 0 Å². The van der Waals surface area contributed by atoms with E-state index in [1.165, 1.54) is 76.7 Å². The third-order valence-electron chi connectivity index (χ3n) is 7.24. The maximum Gasteiger partial charge on any atom is 0.106 e. The largest absolute Gasteiger partial charge is 0.375 e. The lowest BCUT2D eigenvalue weighted by molar-refractivity contribution is -0.0980. The highest BCUT2D eigenvalue weighted by Crippen LogP contribution is 2.39. The van der Waals surface area contributed by atoms with E-state index < -0.39 is 0 Å². The number of hydrogen-bond donors (Lipinski definition) is 0. The first-order chi connectivity index (χ1) is 17.5. The molecule has 3 aliphatic heterocycles. The zero-order valence-electron chi connectivity index (χ0n) is 22.0. The Labute approximate surface area is 229 Å². The molecule has 0 amide bonds. The molecule has 1 aromatic rings. The molecule has 0 N–H and O–H groups in total. The number of allylic oxidation sites excluding steroid dienone is 5. The van der Waals surface area contributed by atoms with Gasteiger partial charge in [0, 0.05) is 29.7 Å². The van der Waals surface area contributed by atoms with Crippen molar-refractivity contribution < 1.29 is 9.53 Å². The SMILES string of the molecule is C=C/C=C\C/C=C\CCC1COC2(CCN(C)CC2)C1.C=O.Clc1ccc(CN2CCCC2)c(Cl)c1. The van der Waals surface area contributed by atoms with E-state index in [1.54, 1.807) is 0 Å². The predicted molar refractivity (Wildman–Crippen MR) is 154 cm³/mol. The Hall–Kier alpha value is -1.43. The topological polar surface area (TPSA) is 32.8 Å². The van der Waals surface area contributed by atoms with Crippen molar-refractivity contribution in [3.63, 3.8) is 0 Å². The van der Waals surface area contributed by atoms with Gasteiger partial charge in [0.1, 0.15) is 6.79 Å². The summed E-state index contributed by atoms with van der Waals surface area (Å²) in [7, 11) is 2.21. The van der Waals surface area contributed by atoms with Crippen molar-refractivity contribution in [2.45, 2.75) is 63.5 Å². The summed E-state index contributed by atoms with van der Waals surface area (Å²) in [6.07, 6.45) is 20.4. The molecule has 0 aromatic heterocycles. The predicted octanol–water partition coefficient (Wildman–Crippen LogP) is 7.36. The van der Waals surface area contributed by atoms with Crippen LogP contribution in [-0.4, -0.2) is 62.0 Å². The Kier molecular flexibility index (Phi) is 14.7. The van der Waals surface area contributed by atoms with Crippen LogP contribution in [0.2, 0.25) is 10.0 Å². The molecule has 4 nitrogen and oxygen atoms in total. The number of rotatable bonds is 8. The van der Waals surface area contributed by atoms with Crippen LogP contribution in [0.1, 0.15) is 56.9 Å². The Morgan fingerprint density at radius 2 is 1.81 bits per heavy atom. The van der Waals surface area contributed by atoms with E-state index in [2.05, 4.69) is 41.7 Å². The second kappa shape index (κ2) is 17.1. The van der Waals surface area contributed by atoms with Gasteiger partial charge in [-0.05, 0) is 95.1 Å². The summed E-state index contributed by atoms with van der Waals surface area (Å²) in [6.45, 7) is 12.4. The van der Waals surface area contributed by atoms with Gasteiger partial charge >= 0.3 is 0 Å². The summed E-state index contributed by atoms with van der Waals surface area (Å²) < 4.78 is 6.18. The van der Waals surface area contributed by atoms with Gasteiger partial charge in [-0.25, -0.2) is 0 Å². The van der Waals surface area contributed by atoms with Gasteiger partial charge in [0.2, 0.25) is 0 Å². The first-order valence-electron chi connectivity index (χ1n) is 13.2. The zero-order valence-corrected chi connectivity index (χ0v) is 23.5. The van der Waals surface area contributed by atoms with Gasteiger partial charge in [-0.2, -0.15) is 0 Å². The first kappa shape index (κ1) is 30.8. The van der Waals surface area contributed by atoms with Crippen molar-refractivity contribution in [1.29, 1.82) is 0 Å². The Morgan fingerprint density at radius 3 is 2.47 bits per heavy atom. The van der Waals surface area contributed by atoms with Gasteiger partial charge in [0.05, 0.1) is 12.2 Å². The fourth-order valence-electron chi connectivity index (χ4n) is 5.13. The molecule has 0 radical (unpaired) electrons. The Balaban J connectivity index is 0.000000250. The summed E-state index contributed by atoms with van der Waals surface area (Å²) in [4.78, 5) is 12.8. The molecule has 0 aliphatic carbocycles. The van der Waals surface area contributed by atoms with E-state index in [1.807, 2.05) is 37.1 Å². The van der Waals surface area contributed by atoms with Crippen molar-refractivity contribution in [1.82, 2.24) is 9.80 Å². The molecule has 36 heavy (non-hydrogen) atoms. The number of ether oxygens (including phenoxy) is 1. The number of carbonyl (C=O) groups is 1. The van der Waals surface area contributed by atoms with Crippen molar-refractivity contribution in [2.24, 2.45) is 5.92 Å². The first-order valence-corrected chi connectivity index (χ1v) is 14.0. The summed E-state index contributed by atoms with van der Waals surface area (Å²) in [6, 6.07) is 5.73. The van der Waals surface area contributed by atoms with Crippen molar-refractivity contribution in [3.8, 4) is 0 Å². The molecular weight excluding hydrogens is 491 g/mol. The molecule has 0 saturated carbocycles. The minimum Gasteiger partial charge on any atom is -0.375 e. The van der Waals surface area contributed by atoms with Crippen molar-refractivity contribution in [3.05, 3.63) is 70.8 Å². The van der Waals surface area contributed by atoms with Crippen LogP contribution in [0.4, 0.5) is 0 Å². The minimum atomic E-state index is 0.230. The zero-order chi connectivity index (χ0) is 26.2. The smallest absolute Gasteiger partial charge is 0.106 e. The molecule has 1 aromatic carbocycles. The van der Waals surface area contributed by atoms with Gasteiger partial charge < -0.3 is 14.4 Å². The van der Waals surface area contributed by atoms with Crippen molar-refractivity contribution in [2.75, 3.05) is 39.8 Å². The summed E-state index contributed by atoms with van der Waals surface area (Å²) in [5.41, 5.74) is 1.41. The number of benzene rings is 1.